The fraction of sp³-hybridized carbons (Fsp3) is 0.467. The number of rotatable bonds is 9. The molecule has 0 bridgehead atoms. The van der Waals surface area contributed by atoms with E-state index in [-0.39, 0.29) is 36.1 Å². The van der Waals surface area contributed by atoms with Crippen LogP contribution in [-0.2, 0) is 19.6 Å². The Kier molecular flexibility index (Phi) is 7.83. The van der Waals surface area contributed by atoms with Crippen molar-refractivity contribution in [1.29, 1.82) is 0 Å². The molecule has 0 aliphatic carbocycles. The van der Waals surface area contributed by atoms with Gasteiger partial charge in [-0.25, -0.2) is 13.1 Å². The Bertz CT molecular complexity index is 688. The molecule has 134 valence electrons. The van der Waals surface area contributed by atoms with Crippen molar-refractivity contribution in [1.82, 2.24) is 15.4 Å². The highest BCUT2D eigenvalue weighted by Gasteiger charge is 2.17. The predicted molar refractivity (Wildman–Crippen MR) is 89.3 cm³/mol. The van der Waals surface area contributed by atoms with Crippen LogP contribution in [0.4, 0.5) is 0 Å². The van der Waals surface area contributed by atoms with Crippen molar-refractivity contribution in [3.63, 3.8) is 0 Å². The van der Waals surface area contributed by atoms with Gasteiger partial charge in [0.15, 0.2) is 0 Å². The van der Waals surface area contributed by atoms with E-state index >= 15 is 0 Å². The van der Waals surface area contributed by atoms with Crippen molar-refractivity contribution in [2.45, 2.75) is 18.7 Å². The number of methoxy groups -OCH3 is 1. The van der Waals surface area contributed by atoms with Gasteiger partial charge in [-0.2, -0.15) is 0 Å². The first kappa shape index (κ1) is 20.1. The largest absolute Gasteiger partial charge is 0.383 e. The number of ether oxygens (including phenoxy) is 1. The molecular weight excluding hydrogens is 334 g/mol. The molecule has 0 saturated carbocycles. The third-order valence-corrected chi connectivity index (χ3v) is 4.61. The molecule has 8 nitrogen and oxygen atoms in total. The van der Waals surface area contributed by atoms with E-state index in [9.17, 15) is 18.0 Å². The van der Waals surface area contributed by atoms with Crippen LogP contribution in [0.5, 0.6) is 0 Å². The lowest BCUT2D eigenvalue weighted by Crippen LogP contribution is -2.34. The van der Waals surface area contributed by atoms with E-state index in [1.165, 1.54) is 26.2 Å². The summed E-state index contributed by atoms with van der Waals surface area (Å²) < 4.78 is 31.6. The summed E-state index contributed by atoms with van der Waals surface area (Å²) in [6.07, 6.45) is 0. The van der Waals surface area contributed by atoms with Gasteiger partial charge in [-0.3, -0.25) is 9.59 Å². The Balaban J connectivity index is 2.81. The predicted octanol–water partition coefficient (Wildman–Crippen LogP) is -0.214. The summed E-state index contributed by atoms with van der Waals surface area (Å²) in [6, 6.07) is 4.35. The quantitative estimate of drug-likeness (QED) is 0.529. The van der Waals surface area contributed by atoms with Gasteiger partial charge in [-0.1, -0.05) is 6.07 Å². The SMILES string of the molecule is COCCNS(=O)(=O)c1ccc(C)c(C(=O)NCCNC(C)=O)c1. The van der Waals surface area contributed by atoms with Gasteiger partial charge in [-0.05, 0) is 24.6 Å². The van der Waals surface area contributed by atoms with Crippen molar-refractivity contribution in [3.05, 3.63) is 29.3 Å². The highest BCUT2D eigenvalue weighted by atomic mass is 32.2. The van der Waals surface area contributed by atoms with E-state index in [2.05, 4.69) is 15.4 Å². The van der Waals surface area contributed by atoms with E-state index in [0.29, 0.717) is 12.1 Å². The first-order valence-corrected chi connectivity index (χ1v) is 8.88. The number of benzene rings is 1. The molecule has 1 aromatic carbocycles. The van der Waals surface area contributed by atoms with Crippen LogP contribution in [0.15, 0.2) is 23.1 Å². The average molecular weight is 357 g/mol. The molecule has 0 saturated heterocycles. The minimum absolute atomic E-state index is 0.0104. The van der Waals surface area contributed by atoms with E-state index < -0.39 is 15.9 Å². The van der Waals surface area contributed by atoms with Crippen molar-refractivity contribution in [2.75, 3.05) is 33.4 Å². The average Bonchev–Trinajstić information content (AvgIpc) is 2.51. The number of carbonyl (C=O) groups excluding carboxylic acids is 2. The topological polar surface area (TPSA) is 114 Å². The molecule has 3 N–H and O–H groups in total. The molecule has 2 amide bonds. The number of aryl methyl sites for hydroxylation is 1. The molecular formula is C15H23N3O5S. The van der Waals surface area contributed by atoms with Crippen LogP contribution < -0.4 is 15.4 Å². The Morgan fingerprint density at radius 3 is 2.42 bits per heavy atom. The van der Waals surface area contributed by atoms with Crippen LogP contribution in [0.2, 0.25) is 0 Å². The number of amides is 2. The molecule has 0 radical (unpaired) electrons. The first-order valence-electron chi connectivity index (χ1n) is 7.40. The Morgan fingerprint density at radius 2 is 1.79 bits per heavy atom. The van der Waals surface area contributed by atoms with Crippen LogP contribution in [0, 0.1) is 6.92 Å². The second kappa shape index (κ2) is 9.36. The number of sulfonamides is 1. The van der Waals surface area contributed by atoms with E-state index in [1.54, 1.807) is 13.0 Å². The van der Waals surface area contributed by atoms with Gasteiger partial charge in [0.25, 0.3) is 5.91 Å². The van der Waals surface area contributed by atoms with Crippen LogP contribution in [0.1, 0.15) is 22.8 Å². The molecule has 0 spiro atoms. The van der Waals surface area contributed by atoms with Gasteiger partial charge in [0.2, 0.25) is 15.9 Å². The van der Waals surface area contributed by atoms with E-state index in [0.717, 1.165) is 0 Å². The summed E-state index contributed by atoms with van der Waals surface area (Å²) in [6.45, 7) is 4.05. The molecule has 24 heavy (non-hydrogen) atoms. The third kappa shape index (κ3) is 6.26. The van der Waals surface area contributed by atoms with Crippen molar-refractivity contribution in [3.8, 4) is 0 Å². The highest BCUT2D eigenvalue weighted by molar-refractivity contribution is 7.89. The number of hydrogen-bond acceptors (Lipinski definition) is 5. The normalized spacial score (nSPS) is 11.1. The molecule has 0 atom stereocenters. The molecule has 1 rings (SSSR count). The van der Waals surface area contributed by atoms with Gasteiger partial charge in [-0.15, -0.1) is 0 Å². The van der Waals surface area contributed by atoms with Crippen LogP contribution in [0.25, 0.3) is 0 Å². The van der Waals surface area contributed by atoms with Crippen LogP contribution in [0.3, 0.4) is 0 Å². The lowest BCUT2D eigenvalue weighted by Gasteiger charge is -2.11. The molecule has 0 heterocycles. The molecule has 1 aromatic rings. The maximum absolute atomic E-state index is 12.2. The van der Waals surface area contributed by atoms with Crippen LogP contribution >= 0.6 is 0 Å². The summed E-state index contributed by atoms with van der Waals surface area (Å²) >= 11 is 0. The third-order valence-electron chi connectivity index (χ3n) is 3.15. The zero-order valence-corrected chi connectivity index (χ0v) is 14.8. The molecule has 0 aromatic heterocycles. The molecule has 0 aliphatic rings. The minimum atomic E-state index is -3.71. The molecule has 0 unspecified atom stereocenters. The van der Waals surface area contributed by atoms with Gasteiger partial charge in [0.05, 0.1) is 11.5 Å². The number of hydrogen-bond donors (Lipinski definition) is 3. The zero-order chi connectivity index (χ0) is 18.2. The van der Waals surface area contributed by atoms with Crippen molar-refractivity contribution < 1.29 is 22.7 Å². The first-order chi connectivity index (χ1) is 11.3. The van der Waals surface area contributed by atoms with Crippen molar-refractivity contribution >= 4 is 21.8 Å². The lowest BCUT2D eigenvalue weighted by molar-refractivity contribution is -0.118. The molecule has 0 fully saturated rings. The second-order valence-electron chi connectivity index (χ2n) is 5.11. The summed E-state index contributed by atoms with van der Waals surface area (Å²) in [5, 5.41) is 5.20. The van der Waals surface area contributed by atoms with Gasteiger partial charge < -0.3 is 15.4 Å². The monoisotopic (exact) mass is 357 g/mol. The maximum atomic E-state index is 12.2. The lowest BCUT2D eigenvalue weighted by atomic mass is 10.1. The van der Waals surface area contributed by atoms with E-state index in [4.69, 9.17) is 4.74 Å². The fourth-order valence-corrected chi connectivity index (χ4v) is 2.92. The number of nitrogens with one attached hydrogen (secondary N) is 3. The Morgan fingerprint density at radius 1 is 1.12 bits per heavy atom. The minimum Gasteiger partial charge on any atom is -0.383 e. The highest BCUT2D eigenvalue weighted by Crippen LogP contribution is 2.15. The second-order valence-corrected chi connectivity index (χ2v) is 6.87. The van der Waals surface area contributed by atoms with E-state index in [1.807, 2.05) is 0 Å². The van der Waals surface area contributed by atoms with Crippen molar-refractivity contribution in [2.24, 2.45) is 0 Å². The molecule has 9 heteroatoms. The Hall–Kier alpha value is -1.97. The summed E-state index contributed by atoms with van der Waals surface area (Å²) in [4.78, 5) is 23.0. The van der Waals surface area contributed by atoms with Crippen LogP contribution in [-0.4, -0.2) is 53.6 Å². The van der Waals surface area contributed by atoms with Gasteiger partial charge in [0.1, 0.15) is 0 Å². The van der Waals surface area contributed by atoms with Gasteiger partial charge in [0, 0.05) is 39.2 Å². The summed E-state index contributed by atoms with van der Waals surface area (Å²) in [5.74, 6) is -0.581. The Labute approximate surface area is 142 Å². The zero-order valence-electron chi connectivity index (χ0n) is 14.0. The standard InChI is InChI=1S/C15H23N3O5S/c1-11-4-5-13(24(21,22)18-8-9-23-3)10-14(11)15(20)17-7-6-16-12(2)19/h4-5,10,18H,6-9H2,1-3H3,(H,16,19)(H,17,20). The maximum Gasteiger partial charge on any atom is 0.251 e. The smallest absolute Gasteiger partial charge is 0.251 e. The summed E-state index contributed by atoms with van der Waals surface area (Å²) in [5.41, 5.74) is 0.926. The number of carbonyl (C=O) groups is 2. The summed E-state index contributed by atoms with van der Waals surface area (Å²) in [7, 11) is -2.23. The molecule has 0 aliphatic heterocycles. The fourth-order valence-electron chi connectivity index (χ4n) is 1.88. The van der Waals surface area contributed by atoms with Gasteiger partial charge >= 0.3 is 0 Å².